The van der Waals surface area contributed by atoms with Crippen molar-refractivity contribution in [2.45, 2.75) is 19.8 Å². The standard InChI is InChI=1S/C14H18ClNO2/c1-11(17)12-4-5-14(13(15)10-12)18-9-8-16-6-2-3-7-16/h4-5,10H,2-3,6-9H2,1H3. The van der Waals surface area contributed by atoms with Gasteiger partial charge >= 0.3 is 0 Å². The highest BCUT2D eigenvalue weighted by atomic mass is 35.5. The third kappa shape index (κ3) is 3.47. The van der Waals surface area contributed by atoms with Gasteiger partial charge in [0.05, 0.1) is 5.02 Å². The van der Waals surface area contributed by atoms with Crippen LogP contribution in [0, 0.1) is 0 Å². The Morgan fingerprint density at radius 3 is 2.72 bits per heavy atom. The van der Waals surface area contributed by atoms with Gasteiger partial charge in [0, 0.05) is 12.1 Å². The first kappa shape index (κ1) is 13.4. The molecule has 2 rings (SSSR count). The zero-order valence-electron chi connectivity index (χ0n) is 10.6. The molecule has 0 atom stereocenters. The van der Waals surface area contributed by atoms with E-state index in [1.54, 1.807) is 18.2 Å². The number of halogens is 1. The molecule has 4 heteroatoms. The number of hydrogen-bond donors (Lipinski definition) is 0. The maximum Gasteiger partial charge on any atom is 0.159 e. The fourth-order valence-electron chi connectivity index (χ4n) is 2.13. The van der Waals surface area contributed by atoms with Gasteiger partial charge in [-0.15, -0.1) is 0 Å². The second-order valence-electron chi connectivity index (χ2n) is 4.60. The summed E-state index contributed by atoms with van der Waals surface area (Å²) in [6.45, 7) is 5.43. The monoisotopic (exact) mass is 267 g/mol. The Bertz CT molecular complexity index is 428. The molecule has 1 fully saturated rings. The topological polar surface area (TPSA) is 29.5 Å². The Morgan fingerprint density at radius 2 is 2.11 bits per heavy atom. The largest absolute Gasteiger partial charge is 0.491 e. The first-order valence-electron chi connectivity index (χ1n) is 6.32. The van der Waals surface area contributed by atoms with Crippen LogP contribution in [0.5, 0.6) is 5.75 Å². The molecule has 1 aromatic rings. The van der Waals surface area contributed by atoms with Crippen LogP contribution in [0.15, 0.2) is 18.2 Å². The van der Waals surface area contributed by atoms with Gasteiger partial charge in [-0.05, 0) is 51.1 Å². The number of likely N-dealkylation sites (tertiary alicyclic amines) is 1. The number of carbonyl (C=O) groups excluding carboxylic acids is 1. The molecule has 98 valence electrons. The molecule has 0 aliphatic carbocycles. The van der Waals surface area contributed by atoms with Gasteiger partial charge in [-0.3, -0.25) is 9.69 Å². The number of hydrogen-bond acceptors (Lipinski definition) is 3. The van der Waals surface area contributed by atoms with E-state index in [0.29, 0.717) is 22.9 Å². The minimum absolute atomic E-state index is 0.0144. The molecular formula is C14H18ClNO2. The van der Waals surface area contributed by atoms with Crippen LogP contribution in [0.2, 0.25) is 5.02 Å². The molecule has 0 spiro atoms. The van der Waals surface area contributed by atoms with Crippen molar-refractivity contribution in [1.29, 1.82) is 0 Å². The number of nitrogens with zero attached hydrogens (tertiary/aromatic N) is 1. The summed E-state index contributed by atoms with van der Waals surface area (Å²) in [4.78, 5) is 13.6. The van der Waals surface area contributed by atoms with E-state index in [0.717, 1.165) is 6.54 Å². The minimum Gasteiger partial charge on any atom is -0.491 e. The number of benzene rings is 1. The highest BCUT2D eigenvalue weighted by molar-refractivity contribution is 6.32. The SMILES string of the molecule is CC(=O)c1ccc(OCCN2CCCC2)c(Cl)c1. The van der Waals surface area contributed by atoms with E-state index in [9.17, 15) is 4.79 Å². The first-order valence-corrected chi connectivity index (χ1v) is 6.70. The summed E-state index contributed by atoms with van der Waals surface area (Å²) in [5.74, 6) is 0.668. The van der Waals surface area contributed by atoms with Crippen molar-refractivity contribution in [3.8, 4) is 5.75 Å². The Morgan fingerprint density at radius 1 is 1.39 bits per heavy atom. The minimum atomic E-state index is 0.0144. The molecule has 1 aliphatic heterocycles. The predicted molar refractivity (Wildman–Crippen MR) is 72.6 cm³/mol. The van der Waals surface area contributed by atoms with Crippen molar-refractivity contribution in [3.05, 3.63) is 28.8 Å². The van der Waals surface area contributed by atoms with Crippen molar-refractivity contribution in [1.82, 2.24) is 4.90 Å². The molecule has 0 amide bonds. The van der Waals surface area contributed by atoms with Gasteiger partial charge in [-0.1, -0.05) is 11.6 Å². The second-order valence-corrected chi connectivity index (χ2v) is 5.01. The molecule has 1 aliphatic rings. The van der Waals surface area contributed by atoms with Crippen molar-refractivity contribution in [3.63, 3.8) is 0 Å². The van der Waals surface area contributed by atoms with Gasteiger partial charge in [0.25, 0.3) is 0 Å². The number of Topliss-reactive ketones (excluding diaryl/α,β-unsaturated/α-hetero) is 1. The smallest absolute Gasteiger partial charge is 0.159 e. The normalized spacial score (nSPS) is 15.9. The average Bonchev–Trinajstić information content (AvgIpc) is 2.84. The Labute approximate surface area is 113 Å². The van der Waals surface area contributed by atoms with Crippen molar-refractivity contribution in [2.75, 3.05) is 26.2 Å². The molecule has 3 nitrogen and oxygen atoms in total. The lowest BCUT2D eigenvalue weighted by Gasteiger charge is -2.15. The fourth-order valence-corrected chi connectivity index (χ4v) is 2.36. The Balaban J connectivity index is 1.87. The van der Waals surface area contributed by atoms with Crippen molar-refractivity contribution >= 4 is 17.4 Å². The lowest BCUT2D eigenvalue weighted by molar-refractivity contribution is 0.101. The van der Waals surface area contributed by atoms with Crippen LogP contribution in [0.25, 0.3) is 0 Å². The molecule has 1 saturated heterocycles. The first-order chi connectivity index (χ1) is 8.66. The lowest BCUT2D eigenvalue weighted by Crippen LogP contribution is -2.25. The summed E-state index contributed by atoms with van der Waals surface area (Å²) >= 11 is 6.08. The quantitative estimate of drug-likeness (QED) is 0.768. The highest BCUT2D eigenvalue weighted by Gasteiger charge is 2.11. The van der Waals surface area contributed by atoms with Gasteiger partial charge in [0.2, 0.25) is 0 Å². The zero-order chi connectivity index (χ0) is 13.0. The Hall–Kier alpha value is -1.06. The van der Waals surface area contributed by atoms with Gasteiger partial charge < -0.3 is 4.74 Å². The molecule has 0 bridgehead atoms. The second kappa shape index (κ2) is 6.21. The molecule has 0 radical (unpaired) electrons. The summed E-state index contributed by atoms with van der Waals surface area (Å²) in [7, 11) is 0. The summed E-state index contributed by atoms with van der Waals surface area (Å²) in [6.07, 6.45) is 2.57. The molecule has 0 aromatic heterocycles. The van der Waals surface area contributed by atoms with E-state index in [4.69, 9.17) is 16.3 Å². The van der Waals surface area contributed by atoms with Crippen LogP contribution in [-0.2, 0) is 0 Å². The lowest BCUT2D eigenvalue weighted by atomic mass is 10.1. The van der Waals surface area contributed by atoms with Crippen molar-refractivity contribution in [2.24, 2.45) is 0 Å². The highest BCUT2D eigenvalue weighted by Crippen LogP contribution is 2.25. The van der Waals surface area contributed by atoms with E-state index in [1.165, 1.54) is 32.9 Å². The van der Waals surface area contributed by atoms with E-state index in [1.807, 2.05) is 0 Å². The average molecular weight is 268 g/mol. The molecule has 0 unspecified atom stereocenters. The third-order valence-corrected chi connectivity index (χ3v) is 3.50. The summed E-state index contributed by atoms with van der Waals surface area (Å²) in [5, 5.41) is 0.504. The van der Waals surface area contributed by atoms with Gasteiger partial charge in [-0.25, -0.2) is 0 Å². The van der Waals surface area contributed by atoms with Crippen molar-refractivity contribution < 1.29 is 9.53 Å². The maximum atomic E-state index is 11.2. The fraction of sp³-hybridized carbons (Fsp3) is 0.500. The summed E-state index contributed by atoms with van der Waals surface area (Å²) < 4.78 is 5.65. The van der Waals surface area contributed by atoms with Crippen LogP contribution in [0.1, 0.15) is 30.1 Å². The van der Waals surface area contributed by atoms with Crippen LogP contribution in [-0.4, -0.2) is 36.9 Å². The molecule has 18 heavy (non-hydrogen) atoms. The summed E-state index contributed by atoms with van der Waals surface area (Å²) in [5.41, 5.74) is 0.617. The Kier molecular flexibility index (Phi) is 4.61. The molecule has 0 saturated carbocycles. The molecular weight excluding hydrogens is 250 g/mol. The van der Waals surface area contributed by atoms with E-state index in [-0.39, 0.29) is 5.78 Å². The third-order valence-electron chi connectivity index (χ3n) is 3.20. The van der Waals surface area contributed by atoms with E-state index in [2.05, 4.69) is 4.90 Å². The number of ether oxygens (including phenoxy) is 1. The number of carbonyl (C=O) groups is 1. The van der Waals surface area contributed by atoms with Gasteiger partial charge in [-0.2, -0.15) is 0 Å². The van der Waals surface area contributed by atoms with E-state index < -0.39 is 0 Å². The molecule has 1 aromatic carbocycles. The maximum absolute atomic E-state index is 11.2. The van der Waals surface area contributed by atoms with Crippen LogP contribution < -0.4 is 4.74 Å². The van der Waals surface area contributed by atoms with Crippen LogP contribution >= 0.6 is 11.6 Å². The molecule has 1 heterocycles. The predicted octanol–water partition coefficient (Wildman–Crippen LogP) is 3.02. The van der Waals surface area contributed by atoms with Gasteiger partial charge in [0.1, 0.15) is 12.4 Å². The van der Waals surface area contributed by atoms with E-state index >= 15 is 0 Å². The summed E-state index contributed by atoms with van der Waals surface area (Å²) in [6, 6.07) is 5.18. The number of ketones is 1. The zero-order valence-corrected chi connectivity index (χ0v) is 11.4. The van der Waals surface area contributed by atoms with Crippen LogP contribution in [0.4, 0.5) is 0 Å². The van der Waals surface area contributed by atoms with Crippen LogP contribution in [0.3, 0.4) is 0 Å². The molecule has 0 N–H and O–H groups in total. The number of rotatable bonds is 5. The van der Waals surface area contributed by atoms with Gasteiger partial charge in [0.15, 0.2) is 5.78 Å².